The summed E-state index contributed by atoms with van der Waals surface area (Å²) < 4.78 is 41.5. The van der Waals surface area contributed by atoms with Crippen molar-refractivity contribution in [1.82, 2.24) is 4.90 Å². The molecule has 1 saturated heterocycles. The summed E-state index contributed by atoms with van der Waals surface area (Å²) in [4.78, 5) is 2.38. The number of benzene rings is 3. The van der Waals surface area contributed by atoms with E-state index in [0.29, 0.717) is 11.5 Å². The molecule has 2 heterocycles. The Balaban J connectivity index is 1.25. The van der Waals surface area contributed by atoms with Gasteiger partial charge < -0.3 is 19.1 Å². The Labute approximate surface area is 188 Å². The zero-order valence-electron chi connectivity index (χ0n) is 20.5. The van der Waals surface area contributed by atoms with E-state index in [1.807, 2.05) is 72.8 Å². The fourth-order valence-electron chi connectivity index (χ4n) is 4.23. The first kappa shape index (κ1) is 16.8. The second-order valence-corrected chi connectivity index (χ2v) is 8.06. The van der Waals surface area contributed by atoms with Gasteiger partial charge in [-0.25, -0.2) is 0 Å². The van der Waals surface area contributed by atoms with Crippen molar-refractivity contribution in [1.29, 1.82) is 0 Å². The van der Waals surface area contributed by atoms with Gasteiger partial charge in [-0.3, -0.25) is 0 Å². The Morgan fingerprint density at radius 1 is 0.968 bits per heavy atom. The van der Waals surface area contributed by atoms with Gasteiger partial charge in [0.05, 0.1) is 7.47 Å². The molecule has 2 aliphatic heterocycles. The second-order valence-electron chi connectivity index (χ2n) is 8.06. The van der Waals surface area contributed by atoms with Gasteiger partial charge in [-0.2, -0.15) is 0 Å². The molecule has 1 fully saturated rings. The van der Waals surface area contributed by atoms with E-state index >= 15 is 0 Å². The molecule has 0 unspecified atom stereocenters. The van der Waals surface area contributed by atoms with E-state index in [-0.39, 0.29) is 6.10 Å². The quantitative estimate of drug-likeness (QED) is 0.526. The lowest BCUT2D eigenvalue weighted by Crippen LogP contribution is -2.41. The number of rotatable bonds is 7. The molecular formula is C27H29NO3. The van der Waals surface area contributed by atoms with Crippen molar-refractivity contribution in [3.63, 3.8) is 0 Å². The van der Waals surface area contributed by atoms with Crippen molar-refractivity contribution in [3.8, 4) is 11.5 Å². The SMILES string of the molecule is [2H]C1([2H])Oc2ccc(CCN3CCC[C@@H](OC([2H])(c4ccccc4)c4ccccc4)C3)cc2O1. The van der Waals surface area contributed by atoms with Crippen LogP contribution in [-0.2, 0) is 11.2 Å². The normalized spacial score (nSPS) is 21.8. The second kappa shape index (κ2) is 9.54. The van der Waals surface area contributed by atoms with Crippen LogP contribution in [0.4, 0.5) is 0 Å². The molecule has 5 rings (SSSR count). The van der Waals surface area contributed by atoms with E-state index in [1.54, 1.807) is 6.07 Å². The Morgan fingerprint density at radius 2 is 1.68 bits per heavy atom. The van der Waals surface area contributed by atoms with Crippen LogP contribution in [0.2, 0.25) is 0 Å². The summed E-state index contributed by atoms with van der Waals surface area (Å²) in [6.45, 7) is 0.523. The Morgan fingerprint density at radius 3 is 2.42 bits per heavy atom. The van der Waals surface area contributed by atoms with Crippen molar-refractivity contribution < 1.29 is 18.3 Å². The first-order valence-electron chi connectivity index (χ1n) is 12.4. The van der Waals surface area contributed by atoms with Gasteiger partial charge in [0.2, 0.25) is 6.75 Å². The number of fused-ring (bicyclic) bond motifs is 1. The molecular weight excluding hydrogens is 386 g/mol. The average molecular weight is 419 g/mol. The molecule has 3 aromatic carbocycles. The lowest BCUT2D eigenvalue weighted by molar-refractivity contribution is -0.0330. The number of hydrogen-bond donors (Lipinski definition) is 0. The number of hydrogen-bond acceptors (Lipinski definition) is 4. The molecule has 3 aromatic rings. The number of likely N-dealkylation sites (tertiary alicyclic amines) is 1. The summed E-state index contributed by atoms with van der Waals surface area (Å²) in [7, 11) is 0. The smallest absolute Gasteiger partial charge is 0.231 e. The Bertz CT molecular complexity index is 1070. The van der Waals surface area contributed by atoms with Crippen LogP contribution in [0.1, 0.15) is 39.7 Å². The summed E-state index contributed by atoms with van der Waals surface area (Å²) in [5.41, 5.74) is 2.74. The summed E-state index contributed by atoms with van der Waals surface area (Å²) in [6.07, 6.45) is 1.46. The molecule has 0 aromatic heterocycles. The fourth-order valence-corrected chi connectivity index (χ4v) is 4.23. The van der Waals surface area contributed by atoms with E-state index in [9.17, 15) is 1.37 Å². The molecule has 2 aliphatic rings. The highest BCUT2D eigenvalue weighted by Crippen LogP contribution is 2.33. The summed E-state index contributed by atoms with van der Waals surface area (Å²) in [5.74, 6) is 0.890. The average Bonchev–Trinajstić information content (AvgIpc) is 3.17. The van der Waals surface area contributed by atoms with E-state index in [4.69, 9.17) is 17.0 Å². The first-order valence-corrected chi connectivity index (χ1v) is 10.9. The zero-order chi connectivity index (χ0) is 23.6. The van der Waals surface area contributed by atoms with Crippen molar-refractivity contribution in [3.05, 3.63) is 95.6 Å². The molecule has 0 radical (unpaired) electrons. The molecule has 4 nitrogen and oxygen atoms in total. The highest BCUT2D eigenvalue weighted by Gasteiger charge is 2.25. The number of nitrogens with zero attached hydrogens (tertiary/aromatic N) is 1. The third kappa shape index (κ3) is 4.92. The van der Waals surface area contributed by atoms with E-state index in [1.165, 1.54) is 0 Å². The minimum atomic E-state index is -2.10. The molecule has 1 atom stereocenters. The number of ether oxygens (including phenoxy) is 3. The number of piperidine rings is 1. The lowest BCUT2D eigenvalue weighted by atomic mass is 10.00. The van der Waals surface area contributed by atoms with Crippen LogP contribution in [0, 0.1) is 0 Å². The molecule has 0 aliphatic carbocycles. The monoisotopic (exact) mass is 418 g/mol. The molecule has 4 heteroatoms. The van der Waals surface area contributed by atoms with Gasteiger partial charge in [0.25, 0.3) is 0 Å². The van der Waals surface area contributed by atoms with Crippen molar-refractivity contribution in [2.45, 2.75) is 31.4 Å². The molecule has 31 heavy (non-hydrogen) atoms. The standard InChI is InChI=1S/C27H29NO3/c1-3-8-22(9-4-1)27(23-10-5-2-6-11-23)31-24-12-7-16-28(19-24)17-15-21-13-14-25-26(18-21)30-20-29-25/h1-6,8-11,13-14,18,24,27H,7,12,15-17,19-20H2/t24-/m1/s1/i20D2,27D. The molecule has 0 saturated carbocycles. The molecule has 0 bridgehead atoms. The van der Waals surface area contributed by atoms with Gasteiger partial charge >= 0.3 is 0 Å². The van der Waals surface area contributed by atoms with Crippen LogP contribution in [0.5, 0.6) is 11.5 Å². The van der Waals surface area contributed by atoms with E-state index in [0.717, 1.165) is 55.6 Å². The highest BCUT2D eigenvalue weighted by molar-refractivity contribution is 5.44. The van der Waals surface area contributed by atoms with Gasteiger partial charge in [0.15, 0.2) is 11.5 Å². The Kier molecular flexibility index (Phi) is 5.18. The minimum absolute atomic E-state index is 0.0457. The predicted molar refractivity (Wildman–Crippen MR) is 122 cm³/mol. The van der Waals surface area contributed by atoms with Crippen LogP contribution in [0.15, 0.2) is 78.9 Å². The van der Waals surface area contributed by atoms with Gasteiger partial charge in [-0.05, 0) is 54.6 Å². The maximum atomic E-state index is 9.35. The van der Waals surface area contributed by atoms with Gasteiger partial charge in [-0.15, -0.1) is 0 Å². The van der Waals surface area contributed by atoms with Crippen LogP contribution >= 0.6 is 0 Å². The molecule has 0 N–H and O–H groups in total. The van der Waals surface area contributed by atoms with Gasteiger partial charge in [0.1, 0.15) is 8.82 Å². The summed E-state index contributed by atoms with van der Waals surface area (Å²) in [5, 5.41) is 0. The fraction of sp³-hybridized carbons (Fsp3) is 0.333. The maximum Gasteiger partial charge on any atom is 0.231 e. The van der Waals surface area contributed by atoms with Crippen molar-refractivity contribution in [2.24, 2.45) is 0 Å². The highest BCUT2D eigenvalue weighted by atomic mass is 16.7. The van der Waals surface area contributed by atoms with Crippen LogP contribution < -0.4 is 9.47 Å². The van der Waals surface area contributed by atoms with Crippen LogP contribution in [0.25, 0.3) is 0 Å². The molecule has 0 spiro atoms. The Hall–Kier alpha value is -2.82. The summed E-state index contributed by atoms with van der Waals surface area (Å²) in [6, 6.07) is 25.2. The zero-order valence-corrected chi connectivity index (χ0v) is 17.5. The first-order chi connectivity index (χ1) is 16.4. The van der Waals surface area contributed by atoms with Crippen LogP contribution in [0.3, 0.4) is 0 Å². The van der Waals surface area contributed by atoms with Crippen molar-refractivity contribution >= 4 is 0 Å². The molecule has 0 amide bonds. The minimum Gasteiger partial charge on any atom is -0.454 e. The third-order valence-electron chi connectivity index (χ3n) is 5.85. The largest absolute Gasteiger partial charge is 0.454 e. The lowest BCUT2D eigenvalue weighted by Gasteiger charge is -2.35. The summed E-state index contributed by atoms with van der Waals surface area (Å²) >= 11 is 0. The predicted octanol–water partition coefficient (Wildman–Crippen LogP) is 5.23. The van der Waals surface area contributed by atoms with E-state index in [2.05, 4.69) is 4.90 Å². The third-order valence-corrected chi connectivity index (χ3v) is 5.85. The van der Waals surface area contributed by atoms with Gasteiger partial charge in [-0.1, -0.05) is 66.7 Å². The maximum absolute atomic E-state index is 9.35. The van der Waals surface area contributed by atoms with Crippen molar-refractivity contribution in [2.75, 3.05) is 26.4 Å². The molecule has 160 valence electrons. The van der Waals surface area contributed by atoms with Crippen LogP contribution in [-0.4, -0.2) is 37.4 Å². The van der Waals surface area contributed by atoms with Gasteiger partial charge in [0, 0.05) is 13.1 Å². The van der Waals surface area contributed by atoms with E-state index < -0.39 is 12.8 Å². The topological polar surface area (TPSA) is 30.9 Å².